The van der Waals surface area contributed by atoms with Crippen molar-refractivity contribution in [3.8, 4) is 23.0 Å². The van der Waals surface area contributed by atoms with E-state index in [1.165, 1.54) is 11.8 Å². The first-order chi connectivity index (χ1) is 19.5. The van der Waals surface area contributed by atoms with Gasteiger partial charge in [-0.25, -0.2) is 5.01 Å². The monoisotopic (exact) mass is 558 g/mol. The predicted octanol–water partition coefficient (Wildman–Crippen LogP) is 4.61. The van der Waals surface area contributed by atoms with E-state index in [-0.39, 0.29) is 31.1 Å². The number of rotatable bonds is 7. The van der Waals surface area contributed by atoms with E-state index < -0.39 is 5.25 Å². The number of fused-ring (bicyclic) bond motifs is 1. The van der Waals surface area contributed by atoms with E-state index >= 15 is 0 Å². The lowest BCUT2D eigenvalue weighted by atomic mass is 9.98. The van der Waals surface area contributed by atoms with E-state index in [2.05, 4.69) is 10.3 Å². The first-order valence-electron chi connectivity index (χ1n) is 12.6. The van der Waals surface area contributed by atoms with Crippen LogP contribution >= 0.6 is 11.8 Å². The molecule has 3 heterocycles. The summed E-state index contributed by atoms with van der Waals surface area (Å²) in [5.74, 6) is 2.05. The Kier molecular flexibility index (Phi) is 7.04. The highest BCUT2D eigenvalue weighted by molar-refractivity contribution is 8.15. The zero-order chi connectivity index (χ0) is 27.6. The molecule has 2 atom stereocenters. The van der Waals surface area contributed by atoms with Gasteiger partial charge in [0.1, 0.15) is 16.7 Å². The maximum Gasteiger partial charge on any atom is 0.262 e. The number of hydrogen-bond acceptors (Lipinski definition) is 9. The van der Waals surface area contributed by atoms with Crippen LogP contribution in [0, 0.1) is 0 Å². The number of carbonyl (C=O) groups is 2. The zero-order valence-corrected chi connectivity index (χ0v) is 22.6. The second kappa shape index (κ2) is 10.9. The number of nitrogens with one attached hydrogen (secondary N) is 1. The number of thioether (sulfide) groups is 1. The van der Waals surface area contributed by atoms with E-state index in [9.17, 15) is 9.59 Å². The summed E-state index contributed by atoms with van der Waals surface area (Å²) in [5, 5.41) is 9.33. The number of ether oxygens (including phenoxy) is 4. The molecule has 3 aromatic carbocycles. The molecule has 3 aliphatic heterocycles. The van der Waals surface area contributed by atoms with E-state index in [1.54, 1.807) is 37.4 Å². The minimum Gasteiger partial charge on any atom is -0.497 e. The third-order valence-corrected chi connectivity index (χ3v) is 7.93. The summed E-state index contributed by atoms with van der Waals surface area (Å²) in [4.78, 5) is 30.0. The highest BCUT2D eigenvalue weighted by Gasteiger charge is 2.39. The molecule has 6 rings (SSSR count). The Morgan fingerprint density at radius 2 is 1.70 bits per heavy atom. The van der Waals surface area contributed by atoms with Crippen molar-refractivity contribution in [1.82, 2.24) is 5.01 Å². The molecule has 0 bridgehead atoms. The van der Waals surface area contributed by atoms with E-state index in [0.29, 0.717) is 28.8 Å². The third-order valence-electron chi connectivity index (χ3n) is 6.79. The molecular formula is C29H26N4O6S. The van der Waals surface area contributed by atoms with Crippen LogP contribution < -0.4 is 24.3 Å². The summed E-state index contributed by atoms with van der Waals surface area (Å²) in [5.41, 5.74) is 3.39. The summed E-state index contributed by atoms with van der Waals surface area (Å²) in [7, 11) is 3.25. The number of amides is 2. The smallest absolute Gasteiger partial charge is 0.262 e. The molecule has 1 N–H and O–H groups in total. The van der Waals surface area contributed by atoms with Crippen molar-refractivity contribution < 1.29 is 28.5 Å². The lowest BCUT2D eigenvalue weighted by Gasteiger charge is -2.23. The largest absolute Gasteiger partial charge is 0.497 e. The predicted molar refractivity (Wildman–Crippen MR) is 151 cm³/mol. The second-order valence-electron chi connectivity index (χ2n) is 9.27. The number of amidine groups is 1. The summed E-state index contributed by atoms with van der Waals surface area (Å²) < 4.78 is 21.3. The number of anilines is 1. The van der Waals surface area contributed by atoms with Crippen LogP contribution in [-0.2, 0) is 9.59 Å². The van der Waals surface area contributed by atoms with Crippen molar-refractivity contribution >= 4 is 40.1 Å². The minimum atomic E-state index is -0.652. The molecule has 0 spiro atoms. The van der Waals surface area contributed by atoms with Crippen LogP contribution in [-0.4, -0.2) is 54.0 Å². The normalized spacial score (nSPS) is 19.4. The Labute approximate surface area is 235 Å². The molecule has 0 saturated carbocycles. The average Bonchev–Trinajstić information content (AvgIpc) is 3.72. The van der Waals surface area contributed by atoms with Gasteiger partial charge in [-0.15, -0.1) is 0 Å². The molecule has 2 amide bonds. The number of carbonyl (C=O) groups excluding carboxylic acids is 2. The number of hydrazone groups is 1. The zero-order valence-electron chi connectivity index (χ0n) is 21.8. The van der Waals surface area contributed by atoms with Crippen LogP contribution in [0.3, 0.4) is 0 Å². The Hall–Kier alpha value is -4.51. The Balaban J connectivity index is 1.19. The van der Waals surface area contributed by atoms with Gasteiger partial charge in [-0.3, -0.25) is 9.59 Å². The summed E-state index contributed by atoms with van der Waals surface area (Å²) in [6.45, 7) is 0.150. The Bertz CT molecular complexity index is 1510. The van der Waals surface area contributed by atoms with Crippen molar-refractivity contribution in [3.63, 3.8) is 0 Å². The summed E-state index contributed by atoms with van der Waals surface area (Å²) in [6.07, 6.45) is 0.586. The summed E-state index contributed by atoms with van der Waals surface area (Å²) in [6, 6.07) is 20.5. The van der Waals surface area contributed by atoms with Crippen molar-refractivity contribution in [2.45, 2.75) is 24.1 Å². The van der Waals surface area contributed by atoms with Gasteiger partial charge >= 0.3 is 0 Å². The number of methoxy groups -OCH3 is 2. The number of benzene rings is 3. The highest BCUT2D eigenvalue weighted by Crippen LogP contribution is 2.39. The molecule has 40 heavy (non-hydrogen) atoms. The lowest BCUT2D eigenvalue weighted by molar-refractivity contribution is -0.121. The second-order valence-corrected chi connectivity index (χ2v) is 10.4. The van der Waals surface area contributed by atoms with Gasteiger partial charge in [-0.2, -0.15) is 10.1 Å². The highest BCUT2D eigenvalue weighted by atomic mass is 32.2. The lowest BCUT2D eigenvalue weighted by Crippen LogP contribution is -2.25. The first-order valence-corrected chi connectivity index (χ1v) is 13.5. The maximum absolute atomic E-state index is 12.9. The quantitative estimate of drug-likeness (QED) is 0.448. The van der Waals surface area contributed by atoms with Crippen LogP contribution in [0.15, 0.2) is 76.8 Å². The Morgan fingerprint density at radius 3 is 2.42 bits per heavy atom. The third kappa shape index (κ3) is 5.20. The number of hydrogen-bond donors (Lipinski definition) is 1. The van der Waals surface area contributed by atoms with Gasteiger partial charge in [0.2, 0.25) is 12.7 Å². The van der Waals surface area contributed by atoms with Gasteiger partial charge in [-0.05, 0) is 59.7 Å². The number of nitrogens with zero attached hydrogens (tertiary/aromatic N) is 3. The summed E-state index contributed by atoms with van der Waals surface area (Å²) >= 11 is 1.25. The van der Waals surface area contributed by atoms with Gasteiger partial charge in [0.25, 0.3) is 5.91 Å². The van der Waals surface area contributed by atoms with Gasteiger partial charge in [-0.1, -0.05) is 23.9 Å². The maximum atomic E-state index is 12.9. The molecule has 3 aliphatic rings. The van der Waals surface area contributed by atoms with Crippen molar-refractivity contribution in [2.75, 3.05) is 26.3 Å². The Morgan fingerprint density at radius 1 is 1.00 bits per heavy atom. The van der Waals surface area contributed by atoms with E-state index in [1.807, 2.05) is 48.5 Å². The van der Waals surface area contributed by atoms with Gasteiger partial charge in [0.05, 0.1) is 26.0 Å². The number of aliphatic imine (C=N–C) groups is 1. The van der Waals surface area contributed by atoms with Crippen molar-refractivity contribution in [3.05, 3.63) is 77.9 Å². The minimum absolute atomic E-state index is 0.0268. The molecule has 0 fully saturated rings. The van der Waals surface area contributed by atoms with Gasteiger partial charge < -0.3 is 24.3 Å². The van der Waals surface area contributed by atoms with Crippen molar-refractivity contribution in [2.24, 2.45) is 10.1 Å². The van der Waals surface area contributed by atoms with E-state index in [4.69, 9.17) is 24.0 Å². The molecular weight excluding hydrogens is 532 g/mol. The fraction of sp³-hybridized carbons (Fsp3) is 0.241. The fourth-order valence-corrected chi connectivity index (χ4v) is 5.75. The fourth-order valence-electron chi connectivity index (χ4n) is 4.69. The van der Waals surface area contributed by atoms with Crippen LogP contribution in [0.2, 0.25) is 0 Å². The molecule has 0 unspecified atom stereocenters. The van der Waals surface area contributed by atoms with Crippen molar-refractivity contribution in [1.29, 1.82) is 0 Å². The molecule has 0 aliphatic carbocycles. The van der Waals surface area contributed by atoms with Crippen LogP contribution in [0.4, 0.5) is 5.69 Å². The van der Waals surface area contributed by atoms with Crippen LogP contribution in [0.25, 0.3) is 0 Å². The molecule has 3 aromatic rings. The molecule has 0 saturated heterocycles. The molecule has 204 valence electrons. The standard InChI is InChI=1S/C29H26N4O6S/c1-36-20-8-3-17(4-9-20)22-14-23(18-5-10-21(37-2)11-6-18)33(32-22)29-31-28(35)26(40-29)15-27(34)30-19-7-12-24-25(13-19)39-16-38-24/h3-13,23,26H,14-16H2,1-2H3,(H,30,34)/t23-,26+/m1/s1. The average molecular weight is 559 g/mol. The van der Waals surface area contributed by atoms with Gasteiger partial charge in [0.15, 0.2) is 16.7 Å². The van der Waals surface area contributed by atoms with Gasteiger partial charge in [0, 0.05) is 24.6 Å². The van der Waals surface area contributed by atoms with Crippen LogP contribution in [0.5, 0.6) is 23.0 Å². The van der Waals surface area contributed by atoms with E-state index in [0.717, 1.165) is 28.3 Å². The topological polar surface area (TPSA) is 111 Å². The molecule has 10 nitrogen and oxygen atoms in total. The first kappa shape index (κ1) is 25.8. The molecule has 0 radical (unpaired) electrons. The van der Waals surface area contributed by atoms with Crippen LogP contribution in [0.1, 0.15) is 30.0 Å². The molecule has 0 aromatic heterocycles. The SMILES string of the molecule is COc1ccc(C2=NN(C3=NC(=O)[C@H](CC(=O)Nc4ccc5c(c4)OCO5)S3)[C@@H](c3ccc(OC)cc3)C2)cc1. The molecule has 11 heteroatoms.